The van der Waals surface area contributed by atoms with Gasteiger partial charge in [0.1, 0.15) is 11.5 Å². The number of nitrogens with zero attached hydrogens (tertiary/aromatic N) is 2. The molecule has 0 aromatic heterocycles. The summed E-state index contributed by atoms with van der Waals surface area (Å²) in [4.78, 5) is 71.1. The average Bonchev–Trinajstić information content (AvgIpc) is 3.22. The summed E-state index contributed by atoms with van der Waals surface area (Å²) in [6.07, 6.45) is -0.319. The van der Waals surface area contributed by atoms with E-state index in [4.69, 9.17) is 9.05 Å². The summed E-state index contributed by atoms with van der Waals surface area (Å²) in [5.74, 6) is -0.992. The van der Waals surface area contributed by atoms with Crippen molar-refractivity contribution in [3.63, 3.8) is 0 Å². The number of rotatable bonds is 2. The average molecular weight is 877 g/mol. The molecule has 2 amide bonds. The molecule has 16 nitrogen and oxygen atoms in total. The van der Waals surface area contributed by atoms with Gasteiger partial charge in [-0.05, 0) is 88.7 Å². The summed E-state index contributed by atoms with van der Waals surface area (Å²) in [5, 5.41) is 29.6. The van der Waals surface area contributed by atoms with E-state index in [1.807, 2.05) is 0 Å². The predicted octanol–water partition coefficient (Wildman–Crippen LogP) is 8.39. The summed E-state index contributed by atoms with van der Waals surface area (Å²) >= 11 is 0. The van der Waals surface area contributed by atoms with Gasteiger partial charge in [0.15, 0.2) is 0 Å². The number of nitro benzene ring substituents is 2. The van der Waals surface area contributed by atoms with Crippen LogP contribution in [0.3, 0.4) is 0 Å². The summed E-state index contributed by atoms with van der Waals surface area (Å²) in [6, 6.07) is 33.9. The Kier molecular flexibility index (Phi) is 12.8. The molecular formula is C44H38N4O12P2. The highest BCUT2D eigenvalue weighted by molar-refractivity contribution is 7.52. The van der Waals surface area contributed by atoms with Crippen molar-refractivity contribution in [1.29, 1.82) is 0 Å². The van der Waals surface area contributed by atoms with E-state index in [9.17, 15) is 48.7 Å². The van der Waals surface area contributed by atoms with E-state index in [1.165, 1.54) is 60.7 Å². The monoisotopic (exact) mass is 876 g/mol. The van der Waals surface area contributed by atoms with E-state index in [0.717, 1.165) is 0 Å². The summed E-state index contributed by atoms with van der Waals surface area (Å²) in [6.45, 7) is -0.407. The minimum Gasteiger partial charge on any atom is -0.424 e. The van der Waals surface area contributed by atoms with Crippen molar-refractivity contribution in [3.05, 3.63) is 209 Å². The lowest BCUT2D eigenvalue weighted by Gasteiger charge is -2.16. The van der Waals surface area contributed by atoms with Gasteiger partial charge in [-0.25, -0.2) is 9.13 Å². The van der Waals surface area contributed by atoms with Crippen molar-refractivity contribution in [2.24, 2.45) is 0 Å². The Balaban J connectivity index is 1.17. The van der Waals surface area contributed by atoms with Crippen LogP contribution in [0.4, 0.5) is 11.4 Å². The smallest absolute Gasteiger partial charge is 0.380 e. The third-order valence-corrected chi connectivity index (χ3v) is 12.4. The minimum atomic E-state index is -4.26. The zero-order chi connectivity index (χ0) is 44.0. The molecule has 2 unspecified atom stereocenters. The molecule has 4 N–H and O–H groups in total. The molecule has 12 bridgehead atoms. The van der Waals surface area contributed by atoms with E-state index in [2.05, 4.69) is 10.6 Å². The second-order valence-corrected chi connectivity index (χ2v) is 18.2. The summed E-state index contributed by atoms with van der Waals surface area (Å²) < 4.78 is 37.5. The highest BCUT2D eigenvalue weighted by atomic mass is 31.2. The van der Waals surface area contributed by atoms with E-state index >= 15 is 0 Å². The van der Waals surface area contributed by atoms with Crippen LogP contribution in [0.25, 0.3) is 0 Å². The Morgan fingerprint density at radius 2 is 0.871 bits per heavy atom. The molecule has 18 heteroatoms. The van der Waals surface area contributed by atoms with Crippen LogP contribution in [0.1, 0.15) is 65.2 Å². The van der Waals surface area contributed by atoms with Gasteiger partial charge < -0.3 is 29.5 Å². The lowest BCUT2D eigenvalue weighted by atomic mass is 10.0. The van der Waals surface area contributed by atoms with Crippen LogP contribution < -0.4 is 19.7 Å². The molecule has 0 spiro atoms. The maximum atomic E-state index is 13.2. The number of amides is 2. The fourth-order valence-corrected chi connectivity index (χ4v) is 9.30. The van der Waals surface area contributed by atoms with E-state index in [0.29, 0.717) is 33.4 Å². The van der Waals surface area contributed by atoms with Crippen LogP contribution >= 0.6 is 15.2 Å². The van der Waals surface area contributed by atoms with Gasteiger partial charge in [-0.1, -0.05) is 78.9 Å². The van der Waals surface area contributed by atoms with Crippen molar-refractivity contribution in [1.82, 2.24) is 10.6 Å². The Morgan fingerprint density at radius 3 is 1.27 bits per heavy atom. The van der Waals surface area contributed by atoms with Crippen molar-refractivity contribution in [2.45, 2.75) is 38.3 Å². The number of hydrogen-bond donors (Lipinski definition) is 4. The molecule has 316 valence electrons. The first kappa shape index (κ1) is 43.1. The molecule has 10 rings (SSSR count). The van der Waals surface area contributed by atoms with Crippen LogP contribution in [0.5, 0.6) is 11.5 Å². The number of hydrogen-bond acceptors (Lipinski definition) is 10. The minimum absolute atomic E-state index is 0.101. The first-order chi connectivity index (χ1) is 29.6. The standard InChI is InChI=1S/C44H38N4O12P2/c49-43-35-6-3-7-36(24-35)44(50)46-26-38-17-15-34(23-42(38)48(53)54)19-32-5-2-9-40(21-32)60-62(57,58)28-30-12-10-29(11-13-30)27-61(55,56)59-39-8-1-4-31(20-39)18-33-14-16-37(25-45-43)41(22-33)47(51)52/h1-17,20-24H,18-19,25-28H2,(H,45,49)(H,46,50)(H,55,56)(H,57,58). The quantitative estimate of drug-likeness (QED) is 0.0729. The number of benzene rings is 6. The van der Waals surface area contributed by atoms with Gasteiger partial charge in [0.25, 0.3) is 23.2 Å². The Morgan fingerprint density at radius 1 is 0.500 bits per heavy atom. The van der Waals surface area contributed by atoms with Gasteiger partial charge in [0, 0.05) is 47.5 Å². The molecule has 0 aliphatic carbocycles. The first-order valence-corrected chi connectivity index (χ1v) is 22.6. The van der Waals surface area contributed by atoms with E-state index in [-0.39, 0.29) is 83.4 Å². The van der Waals surface area contributed by atoms with E-state index in [1.54, 1.807) is 72.8 Å². The Labute approximate surface area is 354 Å². The van der Waals surface area contributed by atoms with Gasteiger partial charge >= 0.3 is 15.2 Å². The molecule has 2 atom stereocenters. The van der Waals surface area contributed by atoms with Crippen LogP contribution in [0, 0.1) is 20.2 Å². The zero-order valence-corrected chi connectivity index (χ0v) is 34.5. The molecule has 4 heterocycles. The molecule has 0 radical (unpaired) electrons. The Hall–Kier alpha value is -6.96. The Bertz CT molecular complexity index is 2630. The first-order valence-electron chi connectivity index (χ1n) is 19.1. The normalized spacial score (nSPS) is 18.5. The predicted molar refractivity (Wildman–Crippen MR) is 228 cm³/mol. The van der Waals surface area contributed by atoms with Gasteiger partial charge in [-0.2, -0.15) is 0 Å². The van der Waals surface area contributed by atoms with Crippen LogP contribution in [0.15, 0.2) is 133 Å². The highest BCUT2D eigenvalue weighted by Crippen LogP contribution is 2.48. The lowest BCUT2D eigenvalue weighted by Crippen LogP contribution is -2.25. The van der Waals surface area contributed by atoms with Crippen molar-refractivity contribution < 1.29 is 47.4 Å². The topological polar surface area (TPSA) is 238 Å². The van der Waals surface area contributed by atoms with Gasteiger partial charge in [-0.3, -0.25) is 29.8 Å². The molecule has 6 aromatic rings. The van der Waals surface area contributed by atoms with Crippen molar-refractivity contribution in [2.75, 3.05) is 0 Å². The second kappa shape index (κ2) is 18.3. The van der Waals surface area contributed by atoms with Crippen LogP contribution in [-0.4, -0.2) is 31.4 Å². The number of nitrogens with one attached hydrogen (secondary N) is 2. The number of fused-ring (bicyclic) bond motifs is 3. The van der Waals surface area contributed by atoms with E-state index < -0.39 is 36.9 Å². The molecule has 6 aromatic carbocycles. The number of nitro groups is 2. The largest absolute Gasteiger partial charge is 0.424 e. The van der Waals surface area contributed by atoms with Crippen LogP contribution in [0.2, 0.25) is 0 Å². The maximum absolute atomic E-state index is 13.2. The molecule has 62 heavy (non-hydrogen) atoms. The third-order valence-electron chi connectivity index (χ3n) is 9.86. The lowest BCUT2D eigenvalue weighted by molar-refractivity contribution is -0.385. The molecule has 0 fully saturated rings. The SMILES string of the molecule is O=C1NCc2ccc(cc2[N+](=O)[O-])Cc2cccc(c2)OP(=O)(O)Cc2ccc(cc2)CP(=O)(O)Oc2cccc(c2)Cc2ccc(c([N+](=O)[O-])c2)CNC(=O)c2cccc1c2. The number of carbonyl (C=O) groups excluding carboxylic acids is 2. The third kappa shape index (κ3) is 11.2. The highest BCUT2D eigenvalue weighted by Gasteiger charge is 2.25. The van der Waals surface area contributed by atoms with Crippen molar-refractivity contribution in [3.8, 4) is 11.5 Å². The maximum Gasteiger partial charge on any atom is 0.380 e. The molecule has 0 saturated carbocycles. The van der Waals surface area contributed by atoms with Crippen LogP contribution in [-0.2, 0) is 47.4 Å². The molecule has 4 aliphatic rings. The van der Waals surface area contributed by atoms with Gasteiger partial charge in [0.2, 0.25) is 0 Å². The zero-order valence-electron chi connectivity index (χ0n) is 32.7. The summed E-state index contributed by atoms with van der Waals surface area (Å²) in [5.41, 5.74) is 3.40. The fraction of sp³-hybridized carbons (Fsp3) is 0.136. The van der Waals surface area contributed by atoms with Gasteiger partial charge in [-0.15, -0.1) is 0 Å². The molecule has 4 aliphatic heterocycles. The fourth-order valence-electron chi connectivity index (χ4n) is 6.94. The summed E-state index contributed by atoms with van der Waals surface area (Å²) in [7, 11) is -8.51. The molecule has 0 saturated heterocycles. The second-order valence-electron chi connectivity index (χ2n) is 14.6. The molecular weight excluding hydrogens is 838 g/mol. The van der Waals surface area contributed by atoms with Gasteiger partial charge in [0.05, 0.1) is 22.2 Å². The van der Waals surface area contributed by atoms with Crippen molar-refractivity contribution >= 4 is 38.4 Å². The number of carbonyl (C=O) groups is 2.